The van der Waals surface area contributed by atoms with Crippen LogP contribution in [0.5, 0.6) is 5.75 Å². The first-order valence-corrected chi connectivity index (χ1v) is 8.60. The summed E-state index contributed by atoms with van der Waals surface area (Å²) in [6, 6.07) is 7.69. The van der Waals surface area contributed by atoms with E-state index in [0.29, 0.717) is 11.4 Å². The van der Waals surface area contributed by atoms with E-state index in [9.17, 15) is 4.79 Å². The average Bonchev–Trinajstić information content (AvgIpc) is 2.62. The molecule has 0 radical (unpaired) electrons. The Bertz CT molecular complexity index is 722. The molecule has 1 aromatic carbocycles. The maximum Gasteiger partial charge on any atom is 0.274 e. The van der Waals surface area contributed by atoms with Crippen molar-refractivity contribution in [3.05, 3.63) is 42.4 Å². The first kappa shape index (κ1) is 17.4. The van der Waals surface area contributed by atoms with Gasteiger partial charge in [-0.05, 0) is 45.2 Å². The third-order valence-electron chi connectivity index (χ3n) is 4.17. The minimum absolute atomic E-state index is 0.0535. The van der Waals surface area contributed by atoms with E-state index in [1.54, 1.807) is 12.4 Å². The molecule has 6 nitrogen and oxygen atoms in total. The Balaban J connectivity index is 1.76. The number of benzene rings is 1. The topological polar surface area (TPSA) is 58.6 Å². The molecule has 6 heteroatoms. The molecule has 3 rings (SSSR count). The van der Waals surface area contributed by atoms with Crippen LogP contribution in [0.15, 0.2) is 36.7 Å². The van der Waals surface area contributed by atoms with Crippen molar-refractivity contribution in [3.8, 4) is 17.0 Å². The molecule has 2 heterocycles. The van der Waals surface area contributed by atoms with E-state index in [1.165, 1.54) is 0 Å². The zero-order valence-corrected chi connectivity index (χ0v) is 15.0. The van der Waals surface area contributed by atoms with E-state index in [4.69, 9.17) is 4.74 Å². The van der Waals surface area contributed by atoms with Crippen LogP contribution in [-0.2, 0) is 0 Å². The Morgan fingerprint density at radius 2 is 1.76 bits per heavy atom. The number of ether oxygens (including phenoxy) is 1. The van der Waals surface area contributed by atoms with Gasteiger partial charge in [-0.25, -0.2) is 4.98 Å². The Morgan fingerprint density at radius 1 is 1.08 bits per heavy atom. The Kier molecular flexibility index (Phi) is 5.28. The van der Waals surface area contributed by atoms with Crippen LogP contribution in [0.3, 0.4) is 0 Å². The van der Waals surface area contributed by atoms with E-state index < -0.39 is 0 Å². The number of rotatable bonds is 4. The lowest BCUT2D eigenvalue weighted by molar-refractivity contribution is 0.0658. The lowest BCUT2D eigenvalue weighted by Crippen LogP contribution is -2.47. The molecule has 132 valence electrons. The van der Waals surface area contributed by atoms with Crippen molar-refractivity contribution in [1.82, 2.24) is 19.8 Å². The minimum atomic E-state index is -0.0535. The van der Waals surface area contributed by atoms with Gasteiger partial charge in [-0.15, -0.1) is 0 Å². The molecule has 0 atom stereocenters. The Morgan fingerprint density at radius 3 is 2.40 bits per heavy atom. The summed E-state index contributed by atoms with van der Waals surface area (Å²) in [7, 11) is 2.06. The van der Waals surface area contributed by atoms with Crippen molar-refractivity contribution in [2.24, 2.45) is 0 Å². The van der Waals surface area contributed by atoms with Gasteiger partial charge in [-0.1, -0.05) is 0 Å². The number of likely N-dealkylation sites (N-methyl/N-ethyl adjacent to an activating group) is 1. The predicted octanol–water partition coefficient (Wildman–Crippen LogP) is 2.32. The van der Waals surface area contributed by atoms with E-state index in [2.05, 4.69) is 21.9 Å². The normalized spacial score (nSPS) is 15.4. The van der Waals surface area contributed by atoms with Crippen molar-refractivity contribution in [2.75, 3.05) is 33.2 Å². The lowest BCUT2D eigenvalue weighted by atomic mass is 10.1. The molecule has 1 aliphatic heterocycles. The van der Waals surface area contributed by atoms with Crippen LogP contribution in [0, 0.1) is 0 Å². The van der Waals surface area contributed by atoms with E-state index in [1.807, 2.05) is 43.0 Å². The summed E-state index contributed by atoms with van der Waals surface area (Å²) in [4.78, 5) is 25.4. The van der Waals surface area contributed by atoms with Gasteiger partial charge in [0.05, 0.1) is 24.2 Å². The first-order valence-electron chi connectivity index (χ1n) is 8.60. The molecule has 0 N–H and O–H groups in total. The lowest BCUT2D eigenvalue weighted by Gasteiger charge is -2.32. The van der Waals surface area contributed by atoms with Gasteiger partial charge in [0.15, 0.2) is 0 Å². The zero-order chi connectivity index (χ0) is 17.8. The van der Waals surface area contributed by atoms with E-state index >= 15 is 0 Å². The quantitative estimate of drug-likeness (QED) is 0.855. The highest BCUT2D eigenvalue weighted by atomic mass is 16.5. The van der Waals surface area contributed by atoms with Crippen LogP contribution >= 0.6 is 0 Å². The summed E-state index contributed by atoms with van der Waals surface area (Å²) in [5, 5.41) is 0. The number of nitrogens with zero attached hydrogens (tertiary/aromatic N) is 4. The monoisotopic (exact) mass is 340 g/mol. The molecule has 0 spiro atoms. The van der Waals surface area contributed by atoms with Crippen LogP contribution in [0.25, 0.3) is 11.3 Å². The Hall–Kier alpha value is -2.47. The third-order valence-corrected chi connectivity index (χ3v) is 4.17. The largest absolute Gasteiger partial charge is 0.491 e. The number of carbonyl (C=O) groups is 1. The van der Waals surface area contributed by atoms with Crippen molar-refractivity contribution in [1.29, 1.82) is 0 Å². The van der Waals surface area contributed by atoms with Crippen molar-refractivity contribution in [3.63, 3.8) is 0 Å². The summed E-state index contributed by atoms with van der Waals surface area (Å²) in [6.07, 6.45) is 3.36. The van der Waals surface area contributed by atoms with Gasteiger partial charge in [-0.2, -0.15) is 0 Å². The van der Waals surface area contributed by atoms with Gasteiger partial charge in [0.25, 0.3) is 5.91 Å². The molecule has 1 aliphatic rings. The number of hydrogen-bond donors (Lipinski definition) is 0. The molecule has 0 bridgehead atoms. The summed E-state index contributed by atoms with van der Waals surface area (Å²) >= 11 is 0. The standard InChI is InChI=1S/C19H24N4O2/c1-14(2)25-16-6-4-15(5-7-16)17-12-20-13-18(21-17)19(24)23-10-8-22(3)9-11-23/h4-7,12-14H,8-11H2,1-3H3. The number of carbonyl (C=O) groups excluding carboxylic acids is 1. The number of piperazine rings is 1. The fraction of sp³-hybridized carbons (Fsp3) is 0.421. The van der Waals surface area contributed by atoms with Crippen LogP contribution in [-0.4, -0.2) is 65.0 Å². The van der Waals surface area contributed by atoms with E-state index in [0.717, 1.165) is 37.5 Å². The average molecular weight is 340 g/mol. The summed E-state index contributed by atoms with van der Waals surface area (Å²) < 4.78 is 5.65. The maximum absolute atomic E-state index is 12.7. The summed E-state index contributed by atoms with van der Waals surface area (Å²) in [5.41, 5.74) is 2.00. The molecular formula is C19H24N4O2. The first-order chi connectivity index (χ1) is 12.0. The highest BCUT2D eigenvalue weighted by molar-refractivity contribution is 5.92. The highest BCUT2D eigenvalue weighted by Gasteiger charge is 2.21. The van der Waals surface area contributed by atoms with Crippen molar-refractivity contribution >= 4 is 5.91 Å². The second-order valence-corrected chi connectivity index (χ2v) is 6.58. The molecule has 0 aliphatic carbocycles. The minimum Gasteiger partial charge on any atom is -0.491 e. The van der Waals surface area contributed by atoms with Gasteiger partial charge >= 0.3 is 0 Å². The summed E-state index contributed by atoms with van der Waals surface area (Å²) in [5.74, 6) is 0.763. The zero-order valence-electron chi connectivity index (χ0n) is 15.0. The highest BCUT2D eigenvalue weighted by Crippen LogP contribution is 2.21. The fourth-order valence-corrected chi connectivity index (χ4v) is 2.76. The second kappa shape index (κ2) is 7.61. The van der Waals surface area contributed by atoms with Crippen LogP contribution in [0.2, 0.25) is 0 Å². The van der Waals surface area contributed by atoms with Crippen LogP contribution in [0.4, 0.5) is 0 Å². The fourth-order valence-electron chi connectivity index (χ4n) is 2.76. The molecule has 0 unspecified atom stereocenters. The third kappa shape index (κ3) is 4.33. The van der Waals surface area contributed by atoms with Gasteiger partial charge in [0, 0.05) is 31.7 Å². The predicted molar refractivity (Wildman–Crippen MR) is 96.6 cm³/mol. The molecule has 0 saturated carbocycles. The molecular weight excluding hydrogens is 316 g/mol. The molecule has 1 fully saturated rings. The van der Waals surface area contributed by atoms with Gasteiger partial charge in [-0.3, -0.25) is 9.78 Å². The number of amides is 1. The SMILES string of the molecule is CC(C)Oc1ccc(-c2cncc(C(=O)N3CCN(C)CC3)n2)cc1. The van der Waals surface area contributed by atoms with Gasteiger partial charge in [0.1, 0.15) is 11.4 Å². The van der Waals surface area contributed by atoms with Crippen molar-refractivity contribution in [2.45, 2.75) is 20.0 Å². The van der Waals surface area contributed by atoms with Crippen LogP contribution in [0.1, 0.15) is 24.3 Å². The number of aromatic nitrogens is 2. The van der Waals surface area contributed by atoms with E-state index in [-0.39, 0.29) is 12.0 Å². The molecule has 2 aromatic rings. The molecule has 25 heavy (non-hydrogen) atoms. The molecule has 1 saturated heterocycles. The second-order valence-electron chi connectivity index (χ2n) is 6.58. The maximum atomic E-state index is 12.7. The smallest absolute Gasteiger partial charge is 0.274 e. The molecule has 1 aromatic heterocycles. The van der Waals surface area contributed by atoms with Crippen molar-refractivity contribution < 1.29 is 9.53 Å². The molecule has 1 amide bonds. The van der Waals surface area contributed by atoms with Gasteiger partial charge < -0.3 is 14.5 Å². The number of hydrogen-bond acceptors (Lipinski definition) is 5. The van der Waals surface area contributed by atoms with Crippen LogP contribution < -0.4 is 4.74 Å². The Labute approximate surface area is 148 Å². The van der Waals surface area contributed by atoms with Gasteiger partial charge in [0.2, 0.25) is 0 Å². The summed E-state index contributed by atoms with van der Waals surface area (Å²) in [6.45, 7) is 7.21.